The molecule has 0 bridgehead atoms. The molecule has 24 heavy (non-hydrogen) atoms. The first-order valence-electron chi connectivity index (χ1n) is 7.84. The van der Waals surface area contributed by atoms with Crippen molar-refractivity contribution in [3.8, 4) is 17.2 Å². The molecule has 2 rings (SSSR count). The van der Waals surface area contributed by atoms with Crippen molar-refractivity contribution in [2.75, 3.05) is 34.1 Å². The summed E-state index contributed by atoms with van der Waals surface area (Å²) in [5, 5.41) is 1.48. The number of carbonyl (C=O) groups is 1. The molecule has 0 fully saturated rings. The molecule has 0 N–H and O–H groups in total. The fourth-order valence-electron chi connectivity index (χ4n) is 2.46. The standard InChI is InChI=1S/C18H23NO5/c1-5-19(6-2)18(20)24-14-10-11-15(22-4)17-13(14)8-7-9-16(17)23-12-21-3/h7-11H,5-6,12H2,1-4H3. The topological polar surface area (TPSA) is 57.2 Å². The van der Waals surface area contributed by atoms with Crippen LogP contribution in [-0.2, 0) is 4.74 Å². The fourth-order valence-corrected chi connectivity index (χ4v) is 2.46. The summed E-state index contributed by atoms with van der Waals surface area (Å²) in [7, 11) is 3.14. The predicted molar refractivity (Wildman–Crippen MR) is 91.9 cm³/mol. The molecule has 0 aromatic heterocycles. The smallest absolute Gasteiger partial charge is 0.415 e. The van der Waals surface area contributed by atoms with Gasteiger partial charge in [0.15, 0.2) is 6.79 Å². The van der Waals surface area contributed by atoms with Crippen LogP contribution in [0.5, 0.6) is 17.2 Å². The molecule has 0 spiro atoms. The Bertz CT molecular complexity index is 697. The lowest BCUT2D eigenvalue weighted by Crippen LogP contribution is -2.33. The van der Waals surface area contributed by atoms with Gasteiger partial charge in [0.1, 0.15) is 17.2 Å². The summed E-state index contributed by atoms with van der Waals surface area (Å²) in [6.07, 6.45) is -0.380. The molecule has 0 atom stereocenters. The van der Waals surface area contributed by atoms with Crippen LogP contribution in [0.2, 0.25) is 0 Å². The average molecular weight is 333 g/mol. The predicted octanol–water partition coefficient (Wildman–Crippen LogP) is 3.67. The van der Waals surface area contributed by atoms with Crippen LogP contribution < -0.4 is 14.2 Å². The number of hydrogen-bond donors (Lipinski definition) is 0. The van der Waals surface area contributed by atoms with E-state index in [0.29, 0.717) is 30.3 Å². The lowest BCUT2D eigenvalue weighted by atomic mass is 10.1. The molecule has 0 aliphatic heterocycles. The highest BCUT2D eigenvalue weighted by Crippen LogP contribution is 2.39. The van der Waals surface area contributed by atoms with Crippen LogP contribution >= 0.6 is 0 Å². The second kappa shape index (κ2) is 8.40. The van der Waals surface area contributed by atoms with Gasteiger partial charge in [0, 0.05) is 25.6 Å². The largest absolute Gasteiger partial charge is 0.496 e. The number of fused-ring (bicyclic) bond motifs is 1. The number of ether oxygens (including phenoxy) is 4. The molecular formula is C18H23NO5. The fraction of sp³-hybridized carbons (Fsp3) is 0.389. The third kappa shape index (κ3) is 3.71. The Morgan fingerprint density at radius 1 is 1.00 bits per heavy atom. The average Bonchev–Trinajstić information content (AvgIpc) is 2.61. The second-order valence-electron chi connectivity index (χ2n) is 5.04. The molecule has 2 aromatic carbocycles. The van der Waals surface area contributed by atoms with Crippen molar-refractivity contribution >= 4 is 16.9 Å². The first-order chi connectivity index (χ1) is 11.7. The molecule has 0 aliphatic rings. The summed E-state index contributed by atoms with van der Waals surface area (Å²) in [4.78, 5) is 13.9. The van der Waals surface area contributed by atoms with Gasteiger partial charge < -0.3 is 23.8 Å². The summed E-state index contributed by atoms with van der Waals surface area (Å²) < 4.78 is 21.6. The Balaban J connectivity index is 2.47. The van der Waals surface area contributed by atoms with Gasteiger partial charge in [-0.15, -0.1) is 0 Å². The maximum Gasteiger partial charge on any atom is 0.415 e. The van der Waals surface area contributed by atoms with E-state index in [1.165, 1.54) is 0 Å². The molecule has 0 radical (unpaired) electrons. The summed E-state index contributed by atoms with van der Waals surface area (Å²) in [6, 6.07) is 9.00. The zero-order valence-corrected chi connectivity index (χ0v) is 14.5. The molecule has 0 unspecified atom stereocenters. The highest BCUT2D eigenvalue weighted by Gasteiger charge is 2.17. The highest BCUT2D eigenvalue weighted by atomic mass is 16.7. The number of amides is 1. The van der Waals surface area contributed by atoms with E-state index in [1.54, 1.807) is 31.3 Å². The minimum atomic E-state index is -0.380. The summed E-state index contributed by atoms with van der Waals surface area (Å²) in [5.41, 5.74) is 0. The summed E-state index contributed by atoms with van der Waals surface area (Å²) in [5.74, 6) is 1.71. The van der Waals surface area contributed by atoms with Crippen molar-refractivity contribution in [1.29, 1.82) is 0 Å². The Morgan fingerprint density at radius 2 is 1.71 bits per heavy atom. The Hall–Kier alpha value is -2.47. The van der Waals surface area contributed by atoms with Crippen molar-refractivity contribution in [3.63, 3.8) is 0 Å². The number of carbonyl (C=O) groups excluding carboxylic acids is 1. The Kier molecular flexibility index (Phi) is 6.26. The molecule has 0 saturated carbocycles. The number of nitrogens with zero attached hydrogens (tertiary/aromatic N) is 1. The molecule has 130 valence electrons. The lowest BCUT2D eigenvalue weighted by molar-refractivity contribution is 0.0521. The van der Waals surface area contributed by atoms with Gasteiger partial charge in [0.25, 0.3) is 0 Å². The zero-order chi connectivity index (χ0) is 17.5. The van der Waals surface area contributed by atoms with Crippen molar-refractivity contribution in [2.45, 2.75) is 13.8 Å². The SMILES string of the molecule is CCN(CC)C(=O)Oc1ccc(OC)c2c(OCOC)cccc12. The van der Waals surface area contributed by atoms with Gasteiger partial charge in [-0.3, -0.25) is 0 Å². The van der Waals surface area contributed by atoms with Crippen LogP contribution in [0, 0.1) is 0 Å². The van der Waals surface area contributed by atoms with Crippen LogP contribution in [0.25, 0.3) is 10.8 Å². The van der Waals surface area contributed by atoms with E-state index in [0.717, 1.165) is 10.8 Å². The summed E-state index contributed by atoms with van der Waals surface area (Å²) >= 11 is 0. The molecule has 6 nitrogen and oxygen atoms in total. The van der Waals surface area contributed by atoms with E-state index in [2.05, 4.69) is 0 Å². The molecule has 0 heterocycles. The number of rotatable bonds is 7. The first kappa shape index (κ1) is 17.9. The Labute approximate surface area is 141 Å². The highest BCUT2D eigenvalue weighted by molar-refractivity contribution is 5.98. The third-order valence-electron chi connectivity index (χ3n) is 3.70. The number of benzene rings is 2. The maximum atomic E-state index is 12.3. The normalized spacial score (nSPS) is 10.5. The van der Waals surface area contributed by atoms with Crippen LogP contribution in [-0.4, -0.2) is 45.1 Å². The van der Waals surface area contributed by atoms with E-state index in [-0.39, 0.29) is 12.9 Å². The van der Waals surface area contributed by atoms with Gasteiger partial charge in [-0.25, -0.2) is 4.79 Å². The second-order valence-corrected chi connectivity index (χ2v) is 5.04. The summed E-state index contributed by atoms with van der Waals surface area (Å²) in [6.45, 7) is 5.12. The van der Waals surface area contributed by atoms with Gasteiger partial charge in [0.2, 0.25) is 0 Å². The van der Waals surface area contributed by atoms with Gasteiger partial charge in [0.05, 0.1) is 12.5 Å². The van der Waals surface area contributed by atoms with E-state index in [4.69, 9.17) is 18.9 Å². The van der Waals surface area contributed by atoms with Gasteiger partial charge in [-0.2, -0.15) is 0 Å². The van der Waals surface area contributed by atoms with E-state index < -0.39 is 0 Å². The van der Waals surface area contributed by atoms with E-state index in [9.17, 15) is 4.79 Å². The van der Waals surface area contributed by atoms with Gasteiger partial charge >= 0.3 is 6.09 Å². The minimum absolute atomic E-state index is 0.117. The van der Waals surface area contributed by atoms with E-state index in [1.807, 2.05) is 32.0 Å². The van der Waals surface area contributed by atoms with Gasteiger partial charge in [-0.1, -0.05) is 12.1 Å². The van der Waals surface area contributed by atoms with Crippen LogP contribution in [0.15, 0.2) is 30.3 Å². The van der Waals surface area contributed by atoms with Crippen molar-refractivity contribution in [2.24, 2.45) is 0 Å². The third-order valence-corrected chi connectivity index (χ3v) is 3.70. The molecule has 6 heteroatoms. The van der Waals surface area contributed by atoms with Crippen LogP contribution in [0.4, 0.5) is 4.79 Å². The van der Waals surface area contributed by atoms with Gasteiger partial charge in [-0.05, 0) is 32.0 Å². The van der Waals surface area contributed by atoms with Crippen molar-refractivity contribution in [3.05, 3.63) is 30.3 Å². The lowest BCUT2D eigenvalue weighted by Gasteiger charge is -2.19. The minimum Gasteiger partial charge on any atom is -0.496 e. The molecular weight excluding hydrogens is 310 g/mol. The number of hydrogen-bond acceptors (Lipinski definition) is 5. The van der Waals surface area contributed by atoms with E-state index >= 15 is 0 Å². The molecule has 1 amide bonds. The van der Waals surface area contributed by atoms with Crippen molar-refractivity contribution in [1.82, 2.24) is 4.90 Å². The zero-order valence-electron chi connectivity index (χ0n) is 14.5. The van der Waals surface area contributed by atoms with Crippen LogP contribution in [0.3, 0.4) is 0 Å². The van der Waals surface area contributed by atoms with Crippen LogP contribution in [0.1, 0.15) is 13.8 Å². The first-order valence-corrected chi connectivity index (χ1v) is 7.84. The molecule has 0 saturated heterocycles. The molecule has 0 aliphatic carbocycles. The maximum absolute atomic E-state index is 12.3. The van der Waals surface area contributed by atoms with Crippen molar-refractivity contribution < 1.29 is 23.7 Å². The Morgan fingerprint density at radius 3 is 2.33 bits per heavy atom. The quantitative estimate of drug-likeness (QED) is 0.724. The monoisotopic (exact) mass is 333 g/mol. The number of methoxy groups -OCH3 is 2. The molecule has 2 aromatic rings.